The van der Waals surface area contributed by atoms with E-state index in [-0.39, 0.29) is 0 Å². The van der Waals surface area contributed by atoms with Crippen LogP contribution in [-0.2, 0) is 4.79 Å². The number of benzene rings is 2. The van der Waals surface area contributed by atoms with Gasteiger partial charge in [0.25, 0.3) is 0 Å². The third kappa shape index (κ3) is 2.67. The number of ketones is 1. The Balaban J connectivity index is 1.87. The van der Waals surface area contributed by atoms with Gasteiger partial charge in [0.1, 0.15) is 5.78 Å². The molecule has 3 rings (SSSR count). The van der Waals surface area contributed by atoms with Crippen LogP contribution in [0.5, 0.6) is 0 Å². The van der Waals surface area contributed by atoms with Crippen LogP contribution in [0.25, 0.3) is 0 Å². The van der Waals surface area contributed by atoms with Crippen LogP contribution < -0.4 is 0 Å². The Morgan fingerprint density at radius 2 is 1.50 bits per heavy atom. The van der Waals surface area contributed by atoms with Crippen LogP contribution >= 0.6 is 0 Å². The lowest BCUT2D eigenvalue weighted by Gasteiger charge is -2.29. The van der Waals surface area contributed by atoms with Crippen LogP contribution in [0, 0.1) is 6.92 Å². The van der Waals surface area contributed by atoms with Crippen LogP contribution in [0.4, 0.5) is 0 Å². The SMILES string of the molecule is Cc1ccccc1[C@H]1CC(=O)C[C@H](c2ccccc2)C1. The second-order valence-electron chi connectivity index (χ2n) is 5.84. The summed E-state index contributed by atoms with van der Waals surface area (Å²) in [7, 11) is 0. The molecule has 1 nitrogen and oxygen atoms in total. The van der Waals surface area contributed by atoms with E-state index in [1.165, 1.54) is 16.7 Å². The van der Waals surface area contributed by atoms with Crippen molar-refractivity contribution in [3.05, 3.63) is 71.3 Å². The second-order valence-corrected chi connectivity index (χ2v) is 5.84. The van der Waals surface area contributed by atoms with Gasteiger partial charge < -0.3 is 0 Å². The highest BCUT2D eigenvalue weighted by Crippen LogP contribution is 2.40. The molecule has 0 spiro atoms. The molecule has 20 heavy (non-hydrogen) atoms. The fraction of sp³-hybridized carbons (Fsp3) is 0.316. The summed E-state index contributed by atoms with van der Waals surface area (Å²) in [5.74, 6) is 1.16. The highest BCUT2D eigenvalue weighted by atomic mass is 16.1. The Morgan fingerprint density at radius 3 is 2.25 bits per heavy atom. The molecular weight excluding hydrogens is 244 g/mol. The highest BCUT2D eigenvalue weighted by molar-refractivity contribution is 5.81. The van der Waals surface area contributed by atoms with Gasteiger partial charge in [-0.3, -0.25) is 4.79 Å². The maximum Gasteiger partial charge on any atom is 0.134 e. The average molecular weight is 264 g/mol. The standard InChI is InChI=1S/C19H20O/c1-14-7-5-6-10-19(14)17-11-16(12-18(20)13-17)15-8-3-2-4-9-15/h2-10,16-17H,11-13H2,1H3/t16-,17-/m1/s1. The van der Waals surface area contributed by atoms with Crippen molar-refractivity contribution in [3.8, 4) is 0 Å². The van der Waals surface area contributed by atoms with Crippen LogP contribution in [0.1, 0.15) is 47.8 Å². The van der Waals surface area contributed by atoms with Gasteiger partial charge in [-0.2, -0.15) is 0 Å². The Labute approximate surface area is 120 Å². The van der Waals surface area contributed by atoms with Crippen molar-refractivity contribution < 1.29 is 4.79 Å². The molecule has 1 aliphatic carbocycles. The summed E-state index contributed by atoms with van der Waals surface area (Å²) < 4.78 is 0. The molecule has 0 radical (unpaired) electrons. The van der Waals surface area contributed by atoms with Gasteiger partial charge >= 0.3 is 0 Å². The van der Waals surface area contributed by atoms with Crippen molar-refractivity contribution in [2.24, 2.45) is 0 Å². The van der Waals surface area contributed by atoms with Gasteiger partial charge in [-0.1, -0.05) is 54.6 Å². The molecule has 0 amide bonds. The topological polar surface area (TPSA) is 17.1 Å². The minimum atomic E-state index is 0.377. The predicted molar refractivity (Wildman–Crippen MR) is 82.0 cm³/mol. The first-order chi connectivity index (χ1) is 9.74. The molecule has 0 aromatic heterocycles. The number of aryl methyl sites for hydroxylation is 1. The molecule has 0 bridgehead atoms. The largest absolute Gasteiger partial charge is 0.300 e. The van der Waals surface area contributed by atoms with Crippen LogP contribution in [-0.4, -0.2) is 5.78 Å². The third-order valence-electron chi connectivity index (χ3n) is 4.42. The third-order valence-corrected chi connectivity index (χ3v) is 4.42. The number of rotatable bonds is 2. The normalized spacial score (nSPS) is 22.8. The van der Waals surface area contributed by atoms with Crippen LogP contribution in [0.3, 0.4) is 0 Å². The fourth-order valence-electron chi connectivity index (χ4n) is 3.40. The lowest BCUT2D eigenvalue weighted by atomic mass is 9.74. The van der Waals surface area contributed by atoms with Crippen molar-refractivity contribution in [1.82, 2.24) is 0 Å². The maximum atomic E-state index is 12.1. The van der Waals surface area contributed by atoms with E-state index in [9.17, 15) is 4.79 Å². The van der Waals surface area contributed by atoms with E-state index in [4.69, 9.17) is 0 Å². The van der Waals surface area contributed by atoms with Gasteiger partial charge in [0.05, 0.1) is 0 Å². The fourth-order valence-corrected chi connectivity index (χ4v) is 3.40. The molecule has 0 aliphatic heterocycles. The van der Waals surface area contributed by atoms with Crippen LogP contribution in [0.15, 0.2) is 54.6 Å². The maximum absolute atomic E-state index is 12.1. The zero-order valence-corrected chi connectivity index (χ0v) is 11.9. The number of Topliss-reactive ketones (excluding diaryl/α,β-unsaturated/α-hetero) is 1. The second kappa shape index (κ2) is 5.62. The number of carbonyl (C=O) groups excluding carboxylic acids is 1. The summed E-state index contributed by atoms with van der Waals surface area (Å²) in [5.41, 5.74) is 3.96. The summed E-state index contributed by atoms with van der Waals surface area (Å²) >= 11 is 0. The summed E-state index contributed by atoms with van der Waals surface area (Å²) in [6.07, 6.45) is 2.49. The van der Waals surface area contributed by atoms with Gasteiger partial charge in [-0.05, 0) is 41.9 Å². The molecule has 2 aromatic rings. The van der Waals surface area contributed by atoms with Crippen molar-refractivity contribution in [2.45, 2.75) is 38.0 Å². The molecule has 0 N–H and O–H groups in total. The van der Waals surface area contributed by atoms with Crippen molar-refractivity contribution in [3.63, 3.8) is 0 Å². The molecule has 102 valence electrons. The Kier molecular flexibility index (Phi) is 3.68. The Hall–Kier alpha value is -1.89. The predicted octanol–water partition coefficient (Wildman–Crippen LogP) is 4.62. The smallest absolute Gasteiger partial charge is 0.134 e. The van der Waals surface area contributed by atoms with E-state index in [0.29, 0.717) is 30.5 Å². The first-order valence-electron chi connectivity index (χ1n) is 7.36. The van der Waals surface area contributed by atoms with Crippen molar-refractivity contribution in [2.75, 3.05) is 0 Å². The quantitative estimate of drug-likeness (QED) is 0.773. The van der Waals surface area contributed by atoms with E-state index < -0.39 is 0 Å². The van der Waals surface area contributed by atoms with Crippen molar-refractivity contribution >= 4 is 5.78 Å². The van der Waals surface area contributed by atoms with E-state index in [0.717, 1.165) is 6.42 Å². The number of carbonyl (C=O) groups is 1. The molecule has 0 heterocycles. The molecule has 2 atom stereocenters. The summed E-state index contributed by atoms with van der Waals surface area (Å²) in [5, 5.41) is 0. The van der Waals surface area contributed by atoms with Crippen LogP contribution in [0.2, 0.25) is 0 Å². The summed E-state index contributed by atoms with van der Waals surface area (Å²) in [6.45, 7) is 2.14. The molecule has 1 fully saturated rings. The zero-order valence-electron chi connectivity index (χ0n) is 11.9. The molecule has 2 aromatic carbocycles. The first kappa shape index (κ1) is 13.1. The van der Waals surface area contributed by atoms with E-state index in [1.807, 2.05) is 6.07 Å². The van der Waals surface area contributed by atoms with Gasteiger partial charge in [-0.25, -0.2) is 0 Å². The van der Waals surface area contributed by atoms with E-state index in [2.05, 4.69) is 55.5 Å². The van der Waals surface area contributed by atoms with Gasteiger partial charge in [0.2, 0.25) is 0 Å². The van der Waals surface area contributed by atoms with E-state index in [1.54, 1.807) is 0 Å². The Bertz CT molecular complexity index is 600. The van der Waals surface area contributed by atoms with E-state index >= 15 is 0 Å². The zero-order chi connectivity index (χ0) is 13.9. The highest BCUT2D eigenvalue weighted by Gasteiger charge is 2.29. The summed E-state index contributed by atoms with van der Waals surface area (Å²) in [6, 6.07) is 18.9. The molecule has 1 heteroatoms. The van der Waals surface area contributed by atoms with Crippen molar-refractivity contribution in [1.29, 1.82) is 0 Å². The molecular formula is C19H20O. The number of hydrogen-bond acceptors (Lipinski definition) is 1. The minimum Gasteiger partial charge on any atom is -0.300 e. The average Bonchev–Trinajstić information content (AvgIpc) is 2.48. The lowest BCUT2D eigenvalue weighted by molar-refractivity contribution is -0.121. The minimum absolute atomic E-state index is 0.377. The molecule has 0 saturated heterocycles. The Morgan fingerprint density at radius 1 is 0.850 bits per heavy atom. The first-order valence-corrected chi connectivity index (χ1v) is 7.36. The van der Waals surface area contributed by atoms with Gasteiger partial charge in [-0.15, -0.1) is 0 Å². The summed E-state index contributed by atoms with van der Waals surface area (Å²) in [4.78, 5) is 12.1. The molecule has 1 aliphatic rings. The molecule has 0 unspecified atom stereocenters. The monoisotopic (exact) mass is 264 g/mol. The van der Waals surface area contributed by atoms with Gasteiger partial charge in [0, 0.05) is 12.8 Å². The lowest BCUT2D eigenvalue weighted by Crippen LogP contribution is -2.21. The molecule has 1 saturated carbocycles. The number of hydrogen-bond donors (Lipinski definition) is 0. The van der Waals surface area contributed by atoms with Gasteiger partial charge in [0.15, 0.2) is 0 Å².